The zero-order valence-corrected chi connectivity index (χ0v) is 21.0. The van der Waals surface area contributed by atoms with Gasteiger partial charge in [-0.25, -0.2) is 0 Å². The Morgan fingerprint density at radius 1 is 0.773 bits per heavy atom. The normalized spacial score (nSPS) is 9.77. The third-order valence-electron chi connectivity index (χ3n) is 1.35. The topological polar surface area (TPSA) is 60.7 Å². The molecule has 0 aromatic heterocycles. The maximum Gasteiger partial charge on any atom is 0 e. The van der Waals surface area contributed by atoms with Crippen LogP contribution in [0.4, 0.5) is 3.50 Å². The van der Waals surface area contributed by atoms with Crippen LogP contribution in [0.5, 0.6) is 0 Å². The van der Waals surface area contributed by atoms with Crippen molar-refractivity contribution in [3.05, 3.63) is 24.3 Å². The van der Waals surface area contributed by atoms with Crippen LogP contribution in [-0.4, -0.2) is 47.4 Å². The van der Waals surface area contributed by atoms with Gasteiger partial charge in [-0.2, -0.15) is 0 Å². The van der Waals surface area contributed by atoms with Gasteiger partial charge in [0.2, 0.25) is 0 Å². The first kappa shape index (κ1) is 30.5. The molecule has 3 nitrogen and oxygen atoms in total. The summed E-state index contributed by atoms with van der Waals surface area (Å²) in [5.41, 5.74) is 0. The summed E-state index contributed by atoms with van der Waals surface area (Å²) in [6.07, 6.45) is -0.500. The third kappa shape index (κ3) is 42.8. The van der Waals surface area contributed by atoms with Crippen LogP contribution in [0.3, 0.4) is 0 Å². The molecule has 1 aromatic carbocycles. The summed E-state index contributed by atoms with van der Waals surface area (Å²) in [5.74, 6) is 3.49. The first-order valence-corrected chi connectivity index (χ1v) is 13.3. The second kappa shape index (κ2) is 17.9. The number of halogens is 1. The molecule has 0 heterocycles. The van der Waals surface area contributed by atoms with Crippen LogP contribution in [0.15, 0.2) is 24.3 Å². The molecule has 132 valence electrons. The van der Waals surface area contributed by atoms with Gasteiger partial charge in [-0.15, -0.1) is 0 Å². The predicted molar refractivity (Wildman–Crippen MR) is 92.3 cm³/mol. The van der Waals surface area contributed by atoms with E-state index in [0.717, 1.165) is 4.40 Å². The van der Waals surface area contributed by atoms with Crippen LogP contribution in [0.2, 0.25) is 11.5 Å². The van der Waals surface area contributed by atoms with Crippen molar-refractivity contribution >= 4 is 18.1 Å². The zero-order chi connectivity index (χ0) is 17.6. The summed E-state index contributed by atoms with van der Waals surface area (Å²) in [6, 6.07) is 7.53. The third-order valence-corrected chi connectivity index (χ3v) is 4.93. The van der Waals surface area contributed by atoms with Crippen LogP contribution >= 0.6 is 0 Å². The maximum absolute atomic E-state index is 13.1. The molecule has 1 aromatic rings. The van der Waals surface area contributed by atoms with Gasteiger partial charge in [-0.3, -0.25) is 0 Å². The van der Waals surface area contributed by atoms with Crippen molar-refractivity contribution in [3.8, 4) is 0 Å². The summed E-state index contributed by atoms with van der Waals surface area (Å²) in [7, 11) is 0. The minimum atomic E-state index is -2.94. The quantitative estimate of drug-likeness (QED) is 0.377. The van der Waals surface area contributed by atoms with Gasteiger partial charge in [0.25, 0.3) is 0 Å². The minimum Gasteiger partial charge on any atom is 0 e. The molecule has 0 saturated heterocycles. The van der Waals surface area contributed by atoms with E-state index in [4.69, 9.17) is 15.3 Å². The average Bonchev–Trinajstić information content (AvgIpc) is 2.64. The Bertz CT molecular complexity index is 274. The standard InChI is InChI=1S/C7H10FGe.3C3H8O.Hf/c1-9(2,8)7-5-3-4-6-7;3*1-3(2)4;/h3-6H,1-2H3;3*3-4H,1-2H3;/q-1;;;;. The molecule has 0 aliphatic carbocycles. The van der Waals surface area contributed by atoms with Crippen molar-refractivity contribution in [2.24, 2.45) is 0 Å². The molecule has 0 radical (unpaired) electrons. The number of rotatable bonds is 1. The van der Waals surface area contributed by atoms with Gasteiger partial charge >= 0.3 is 57.4 Å². The monoisotopic (exact) mass is 547 g/mol. The molecule has 0 spiro atoms. The molecule has 0 aliphatic rings. The predicted octanol–water partition coefficient (Wildman–Crippen LogP) is 2.95. The maximum atomic E-state index is 13.1. The molecule has 6 heteroatoms. The van der Waals surface area contributed by atoms with Crippen LogP contribution < -0.4 is 4.40 Å². The number of hydrogen-bond acceptors (Lipinski definition) is 3. The van der Waals surface area contributed by atoms with E-state index in [-0.39, 0.29) is 44.2 Å². The molecule has 3 N–H and O–H groups in total. The number of hydrogen-bond donors (Lipinski definition) is 3. The SMILES string of the molecule is CC(C)O.CC(C)O.CC(C)O.[CH3][Ge]([CH3])([F])[c-]1cccc1.[Hf]. The molecule has 0 bridgehead atoms. The fraction of sp³-hybridized carbons (Fsp3) is 0.688. The van der Waals surface area contributed by atoms with Crippen LogP contribution in [0, 0.1) is 0 Å². The number of aliphatic hydroxyl groups excluding tert-OH is 3. The molecular formula is C16H34FGeHfO3-. The minimum absolute atomic E-state index is 0. The summed E-state index contributed by atoms with van der Waals surface area (Å²) in [6.45, 7) is 10.3. The Balaban J connectivity index is -0.000000107. The van der Waals surface area contributed by atoms with Gasteiger partial charge in [-0.1, -0.05) is 0 Å². The van der Waals surface area contributed by atoms with Crippen molar-refractivity contribution in [3.63, 3.8) is 0 Å². The largest absolute Gasteiger partial charge is 0 e. The van der Waals surface area contributed by atoms with E-state index in [1.165, 1.54) is 0 Å². The van der Waals surface area contributed by atoms with Crippen LogP contribution in [0.1, 0.15) is 41.5 Å². The molecule has 1 rings (SSSR count). The first-order chi connectivity index (χ1) is 9.30. The van der Waals surface area contributed by atoms with Crippen molar-refractivity contribution in [2.75, 3.05) is 0 Å². The van der Waals surface area contributed by atoms with Gasteiger partial charge in [-0.05, 0) is 41.5 Å². The molecule has 0 amide bonds. The van der Waals surface area contributed by atoms with Gasteiger partial charge < -0.3 is 15.3 Å². The molecule has 0 saturated carbocycles. The zero-order valence-electron chi connectivity index (χ0n) is 15.3. The molecule has 22 heavy (non-hydrogen) atoms. The number of aliphatic hydroxyl groups is 3. The van der Waals surface area contributed by atoms with Gasteiger partial charge in [0.05, 0.1) is 0 Å². The molecule has 0 fully saturated rings. The fourth-order valence-corrected chi connectivity index (χ4v) is 2.84. The van der Waals surface area contributed by atoms with E-state index in [0.29, 0.717) is 0 Å². The molecular weight excluding hydrogens is 510 g/mol. The summed E-state index contributed by atoms with van der Waals surface area (Å²) >= 11 is -2.94. The Morgan fingerprint density at radius 3 is 1.05 bits per heavy atom. The second-order valence-corrected chi connectivity index (χ2v) is 13.3. The Morgan fingerprint density at radius 2 is 0.955 bits per heavy atom. The Kier molecular flexibility index (Phi) is 24.8. The Labute approximate surface area is 158 Å². The Hall–Kier alpha value is 0.573. The van der Waals surface area contributed by atoms with E-state index >= 15 is 0 Å². The molecule has 0 atom stereocenters. The van der Waals surface area contributed by atoms with E-state index in [1.807, 2.05) is 24.3 Å². The van der Waals surface area contributed by atoms with Crippen molar-refractivity contribution in [2.45, 2.75) is 71.4 Å². The average molecular weight is 545 g/mol. The van der Waals surface area contributed by atoms with Gasteiger partial charge in [0, 0.05) is 44.2 Å². The molecule has 0 aliphatic heterocycles. The second-order valence-electron chi connectivity index (χ2n) is 5.93. The summed E-state index contributed by atoms with van der Waals surface area (Å²) in [5, 5.41) is 24.2. The van der Waals surface area contributed by atoms with Crippen LogP contribution in [0.25, 0.3) is 0 Å². The van der Waals surface area contributed by atoms with E-state index < -0.39 is 13.7 Å². The fourth-order valence-electron chi connectivity index (χ4n) is 0.770. The van der Waals surface area contributed by atoms with Crippen LogP contribution in [-0.2, 0) is 25.8 Å². The summed E-state index contributed by atoms with van der Waals surface area (Å²) in [4.78, 5) is 0. The first-order valence-electron chi connectivity index (χ1n) is 7.26. The van der Waals surface area contributed by atoms with Gasteiger partial charge in [0.1, 0.15) is 0 Å². The van der Waals surface area contributed by atoms with Crippen molar-refractivity contribution < 1.29 is 44.7 Å². The van der Waals surface area contributed by atoms with E-state index in [9.17, 15) is 3.50 Å². The van der Waals surface area contributed by atoms with Gasteiger partial charge in [0.15, 0.2) is 0 Å². The van der Waals surface area contributed by atoms with E-state index in [2.05, 4.69) is 0 Å². The van der Waals surface area contributed by atoms with Crippen molar-refractivity contribution in [1.29, 1.82) is 0 Å². The molecule has 0 unspecified atom stereocenters. The summed E-state index contributed by atoms with van der Waals surface area (Å²) < 4.78 is 14.1. The smallest absolute Gasteiger partial charge is 0 e. The van der Waals surface area contributed by atoms with Crippen molar-refractivity contribution in [1.82, 2.24) is 0 Å². The van der Waals surface area contributed by atoms with E-state index in [1.54, 1.807) is 53.1 Å².